The van der Waals surface area contributed by atoms with Crippen molar-refractivity contribution in [2.45, 2.75) is 13.3 Å². The van der Waals surface area contributed by atoms with E-state index in [9.17, 15) is 4.79 Å². The third kappa shape index (κ3) is 3.98. The largest absolute Gasteiger partial charge is 0.397 e. The lowest BCUT2D eigenvalue weighted by Crippen LogP contribution is -2.24. The molecular formula is C16H21N3OS. The van der Waals surface area contributed by atoms with Gasteiger partial charge < -0.3 is 16.0 Å². The van der Waals surface area contributed by atoms with Crippen molar-refractivity contribution < 1.29 is 4.79 Å². The van der Waals surface area contributed by atoms with Crippen molar-refractivity contribution in [3.05, 3.63) is 46.2 Å². The summed E-state index contributed by atoms with van der Waals surface area (Å²) in [5.74, 6) is -0.0644. The van der Waals surface area contributed by atoms with Crippen molar-refractivity contribution >= 4 is 28.6 Å². The summed E-state index contributed by atoms with van der Waals surface area (Å²) in [7, 11) is 2.00. The van der Waals surface area contributed by atoms with Gasteiger partial charge in [-0.1, -0.05) is 6.07 Å². The Morgan fingerprint density at radius 3 is 2.86 bits per heavy atom. The van der Waals surface area contributed by atoms with Gasteiger partial charge in [0.25, 0.3) is 5.91 Å². The predicted octanol–water partition coefficient (Wildman–Crippen LogP) is 2.76. The monoisotopic (exact) mass is 303 g/mol. The smallest absolute Gasteiger partial charge is 0.251 e. The molecule has 4 nitrogen and oxygen atoms in total. The van der Waals surface area contributed by atoms with E-state index in [1.54, 1.807) is 23.5 Å². The molecule has 112 valence electrons. The Labute approximate surface area is 129 Å². The summed E-state index contributed by atoms with van der Waals surface area (Å²) in [5, 5.41) is 4.89. The lowest BCUT2D eigenvalue weighted by Gasteiger charge is -2.21. The third-order valence-corrected chi connectivity index (χ3v) is 4.25. The Bertz CT molecular complexity index is 596. The molecule has 0 bridgehead atoms. The van der Waals surface area contributed by atoms with Gasteiger partial charge in [-0.15, -0.1) is 11.3 Å². The molecule has 1 aromatic heterocycles. The zero-order chi connectivity index (χ0) is 15.2. The molecule has 1 aromatic carbocycles. The molecule has 3 N–H and O–H groups in total. The topological polar surface area (TPSA) is 58.4 Å². The molecule has 2 rings (SSSR count). The van der Waals surface area contributed by atoms with Crippen LogP contribution in [0.5, 0.6) is 0 Å². The minimum absolute atomic E-state index is 0.0644. The highest BCUT2D eigenvalue weighted by atomic mass is 32.1. The molecule has 21 heavy (non-hydrogen) atoms. The van der Waals surface area contributed by atoms with E-state index in [0.29, 0.717) is 17.8 Å². The molecule has 0 radical (unpaired) electrons. The molecule has 0 saturated heterocycles. The zero-order valence-electron chi connectivity index (χ0n) is 12.4. The van der Waals surface area contributed by atoms with Gasteiger partial charge in [0.05, 0.1) is 11.4 Å². The molecule has 0 aliphatic carbocycles. The van der Waals surface area contributed by atoms with E-state index in [1.807, 2.05) is 20.0 Å². The highest BCUT2D eigenvalue weighted by Gasteiger charge is 2.11. The van der Waals surface area contributed by atoms with Crippen molar-refractivity contribution in [1.82, 2.24) is 5.32 Å². The van der Waals surface area contributed by atoms with Gasteiger partial charge in [-0.25, -0.2) is 0 Å². The molecular weight excluding hydrogens is 282 g/mol. The number of likely N-dealkylation sites (N-methyl/N-ethyl adjacent to an activating group) is 1. The Morgan fingerprint density at radius 2 is 2.19 bits per heavy atom. The minimum Gasteiger partial charge on any atom is -0.397 e. The van der Waals surface area contributed by atoms with Crippen molar-refractivity contribution in [2.24, 2.45) is 0 Å². The van der Waals surface area contributed by atoms with Crippen molar-refractivity contribution in [2.75, 3.05) is 30.8 Å². The van der Waals surface area contributed by atoms with Gasteiger partial charge in [0.15, 0.2) is 0 Å². The maximum absolute atomic E-state index is 11.9. The van der Waals surface area contributed by atoms with Crippen molar-refractivity contribution in [3.63, 3.8) is 0 Å². The van der Waals surface area contributed by atoms with E-state index < -0.39 is 0 Å². The van der Waals surface area contributed by atoms with Gasteiger partial charge in [0.2, 0.25) is 0 Å². The summed E-state index contributed by atoms with van der Waals surface area (Å²) in [6.45, 7) is 3.39. The molecule has 1 amide bonds. The number of hydrogen-bond acceptors (Lipinski definition) is 4. The molecule has 1 heterocycles. The number of anilines is 2. The molecule has 0 aliphatic rings. The average Bonchev–Trinajstić information content (AvgIpc) is 2.98. The van der Waals surface area contributed by atoms with Gasteiger partial charge in [-0.3, -0.25) is 4.79 Å². The van der Waals surface area contributed by atoms with Crippen LogP contribution in [0.2, 0.25) is 0 Å². The van der Waals surface area contributed by atoms with Crippen LogP contribution in [0, 0.1) is 0 Å². The van der Waals surface area contributed by atoms with Gasteiger partial charge in [-0.05, 0) is 43.0 Å². The number of rotatable bonds is 6. The fraction of sp³-hybridized carbons (Fsp3) is 0.312. The Morgan fingerprint density at radius 1 is 1.38 bits per heavy atom. The summed E-state index contributed by atoms with van der Waals surface area (Å²) >= 11 is 1.76. The van der Waals surface area contributed by atoms with Crippen LogP contribution in [0.15, 0.2) is 35.7 Å². The number of hydrogen-bond donors (Lipinski definition) is 2. The van der Waals surface area contributed by atoms with Gasteiger partial charge >= 0.3 is 0 Å². The Balaban J connectivity index is 2.10. The normalized spacial score (nSPS) is 10.4. The maximum Gasteiger partial charge on any atom is 0.251 e. The first-order chi connectivity index (χ1) is 10.1. The number of carbonyl (C=O) groups excluding carboxylic acids is 1. The molecule has 0 saturated carbocycles. The molecule has 2 aromatic rings. The molecule has 0 spiro atoms. The number of nitrogens with zero attached hydrogens (tertiary/aromatic N) is 1. The summed E-state index contributed by atoms with van der Waals surface area (Å²) < 4.78 is 0. The second kappa shape index (κ2) is 7.13. The lowest BCUT2D eigenvalue weighted by molar-refractivity contribution is 0.0956. The first-order valence-electron chi connectivity index (χ1n) is 7.03. The van der Waals surface area contributed by atoms with E-state index in [0.717, 1.165) is 18.7 Å². The summed E-state index contributed by atoms with van der Waals surface area (Å²) in [6.07, 6.45) is 0.971. The molecule has 0 atom stereocenters. The first kappa shape index (κ1) is 15.4. The third-order valence-electron chi connectivity index (χ3n) is 3.31. The molecule has 5 heteroatoms. The number of nitrogens with one attached hydrogen (secondary N) is 1. The fourth-order valence-electron chi connectivity index (χ4n) is 2.13. The fourth-order valence-corrected chi connectivity index (χ4v) is 2.83. The van der Waals surface area contributed by atoms with Gasteiger partial charge in [0, 0.05) is 30.6 Å². The lowest BCUT2D eigenvalue weighted by atomic mass is 10.1. The van der Waals surface area contributed by atoms with E-state index >= 15 is 0 Å². The molecule has 0 fully saturated rings. The van der Waals surface area contributed by atoms with E-state index in [-0.39, 0.29) is 5.91 Å². The van der Waals surface area contributed by atoms with Crippen LogP contribution in [-0.2, 0) is 6.42 Å². The van der Waals surface area contributed by atoms with Gasteiger partial charge in [0.1, 0.15) is 0 Å². The number of carbonyl (C=O) groups is 1. The summed E-state index contributed by atoms with van der Waals surface area (Å²) in [4.78, 5) is 15.3. The maximum atomic E-state index is 11.9. The van der Waals surface area contributed by atoms with Gasteiger partial charge in [-0.2, -0.15) is 0 Å². The minimum atomic E-state index is -0.0644. The van der Waals surface area contributed by atoms with Crippen LogP contribution in [0.4, 0.5) is 11.4 Å². The first-order valence-corrected chi connectivity index (χ1v) is 7.91. The number of amides is 1. The summed E-state index contributed by atoms with van der Waals surface area (Å²) in [5.41, 5.74) is 8.28. The molecule has 0 unspecified atom stereocenters. The van der Waals surface area contributed by atoms with Crippen LogP contribution in [0.25, 0.3) is 0 Å². The van der Waals surface area contributed by atoms with Crippen LogP contribution >= 0.6 is 11.3 Å². The van der Waals surface area contributed by atoms with Crippen LogP contribution in [-0.4, -0.2) is 26.0 Å². The molecule has 0 aliphatic heterocycles. The van der Waals surface area contributed by atoms with Crippen LogP contribution in [0.1, 0.15) is 22.2 Å². The van der Waals surface area contributed by atoms with Crippen molar-refractivity contribution in [3.8, 4) is 0 Å². The average molecular weight is 303 g/mol. The zero-order valence-corrected chi connectivity index (χ0v) is 13.2. The van der Waals surface area contributed by atoms with Crippen LogP contribution in [0.3, 0.4) is 0 Å². The van der Waals surface area contributed by atoms with Crippen molar-refractivity contribution in [1.29, 1.82) is 0 Å². The highest BCUT2D eigenvalue weighted by molar-refractivity contribution is 7.09. The number of thiophene rings is 1. The second-order valence-corrected chi connectivity index (χ2v) is 5.92. The Kier molecular flexibility index (Phi) is 5.22. The SMILES string of the molecule is CCNC(=O)c1ccc(N)c(N(C)CCc2cccs2)c1. The highest BCUT2D eigenvalue weighted by Crippen LogP contribution is 2.24. The number of nitrogen functional groups attached to an aromatic ring is 1. The van der Waals surface area contributed by atoms with E-state index in [2.05, 4.69) is 27.7 Å². The number of benzene rings is 1. The van der Waals surface area contributed by atoms with E-state index in [1.165, 1.54) is 4.88 Å². The van der Waals surface area contributed by atoms with E-state index in [4.69, 9.17) is 5.73 Å². The second-order valence-electron chi connectivity index (χ2n) is 4.88. The summed E-state index contributed by atoms with van der Waals surface area (Å²) in [6, 6.07) is 9.60. The predicted molar refractivity (Wildman–Crippen MR) is 90.2 cm³/mol. The number of nitrogens with two attached hydrogens (primary N) is 1. The Hall–Kier alpha value is -2.01. The quantitative estimate of drug-likeness (QED) is 0.807. The standard InChI is InChI=1S/C16H21N3OS/c1-3-18-16(20)12-6-7-14(17)15(11-12)19(2)9-8-13-5-4-10-21-13/h4-7,10-11H,3,8-9,17H2,1-2H3,(H,18,20). The van der Waals surface area contributed by atoms with Crippen LogP contribution < -0.4 is 16.0 Å².